The number of ether oxygens (including phenoxy) is 1. The van der Waals surface area contributed by atoms with Crippen LogP contribution in [0.15, 0.2) is 24.5 Å². The van der Waals surface area contributed by atoms with Gasteiger partial charge in [-0.05, 0) is 30.5 Å². The fourth-order valence-electron chi connectivity index (χ4n) is 1.68. The second kappa shape index (κ2) is 5.08. The van der Waals surface area contributed by atoms with Gasteiger partial charge in [0.2, 0.25) is 0 Å². The zero-order chi connectivity index (χ0) is 9.64. The molecule has 1 aromatic heterocycles. The second-order valence-electron chi connectivity index (χ2n) is 3.74. The minimum Gasteiger partial charge on any atom is -0.376 e. The zero-order valence-corrected chi connectivity index (χ0v) is 8.28. The van der Waals surface area contributed by atoms with Gasteiger partial charge in [0, 0.05) is 18.9 Å². The maximum atomic E-state index is 5.62. The largest absolute Gasteiger partial charge is 0.376 e. The Morgan fingerprint density at radius 3 is 3.29 bits per heavy atom. The summed E-state index contributed by atoms with van der Waals surface area (Å²) in [6, 6.07) is 3.98. The van der Waals surface area contributed by atoms with Crippen molar-refractivity contribution in [3.8, 4) is 0 Å². The lowest BCUT2D eigenvalue weighted by atomic mass is 10.1. The summed E-state index contributed by atoms with van der Waals surface area (Å²) < 4.78 is 5.62. The van der Waals surface area contributed by atoms with E-state index in [-0.39, 0.29) is 0 Å². The van der Waals surface area contributed by atoms with Gasteiger partial charge < -0.3 is 10.1 Å². The van der Waals surface area contributed by atoms with Crippen molar-refractivity contribution >= 4 is 0 Å². The van der Waals surface area contributed by atoms with Crippen molar-refractivity contribution in [1.82, 2.24) is 10.3 Å². The van der Waals surface area contributed by atoms with Crippen molar-refractivity contribution in [3.05, 3.63) is 30.1 Å². The van der Waals surface area contributed by atoms with Gasteiger partial charge in [0.25, 0.3) is 0 Å². The van der Waals surface area contributed by atoms with Crippen LogP contribution in [0.25, 0.3) is 0 Å². The van der Waals surface area contributed by atoms with Gasteiger partial charge in [0.15, 0.2) is 0 Å². The van der Waals surface area contributed by atoms with E-state index in [1.54, 1.807) is 6.20 Å². The lowest BCUT2D eigenvalue weighted by molar-refractivity contribution is 0.0923. The standard InChI is InChI=1S/C11H16N2O/c1-2-10(6-12-4-1)8-14-9-11-3-5-13-7-11/h1-2,4,6,11,13H,3,5,7-9H2/t11-/m0/s1. The summed E-state index contributed by atoms with van der Waals surface area (Å²) in [6.45, 7) is 3.79. The van der Waals surface area contributed by atoms with Crippen LogP contribution in [-0.2, 0) is 11.3 Å². The van der Waals surface area contributed by atoms with Crippen molar-refractivity contribution in [2.45, 2.75) is 13.0 Å². The predicted molar refractivity (Wildman–Crippen MR) is 54.9 cm³/mol. The quantitative estimate of drug-likeness (QED) is 0.778. The molecule has 0 spiro atoms. The summed E-state index contributed by atoms with van der Waals surface area (Å²) in [6.07, 6.45) is 4.88. The van der Waals surface area contributed by atoms with Gasteiger partial charge in [-0.3, -0.25) is 4.98 Å². The zero-order valence-electron chi connectivity index (χ0n) is 8.28. The molecule has 2 rings (SSSR count). The molecule has 1 atom stereocenters. The molecule has 76 valence electrons. The van der Waals surface area contributed by atoms with Gasteiger partial charge in [0.05, 0.1) is 13.2 Å². The van der Waals surface area contributed by atoms with E-state index >= 15 is 0 Å². The highest BCUT2D eigenvalue weighted by atomic mass is 16.5. The maximum absolute atomic E-state index is 5.62. The normalized spacial score (nSPS) is 21.3. The van der Waals surface area contributed by atoms with Crippen molar-refractivity contribution in [2.24, 2.45) is 5.92 Å². The van der Waals surface area contributed by atoms with Crippen LogP contribution in [0, 0.1) is 5.92 Å². The first-order valence-electron chi connectivity index (χ1n) is 5.12. The molecule has 0 aromatic carbocycles. The smallest absolute Gasteiger partial charge is 0.0731 e. The molecule has 2 heterocycles. The third-order valence-electron chi connectivity index (χ3n) is 2.51. The average molecular weight is 192 g/mol. The molecule has 1 saturated heterocycles. The first kappa shape index (κ1) is 9.62. The molecule has 3 nitrogen and oxygen atoms in total. The van der Waals surface area contributed by atoms with Crippen molar-refractivity contribution in [3.63, 3.8) is 0 Å². The lowest BCUT2D eigenvalue weighted by Crippen LogP contribution is -2.13. The number of hydrogen-bond acceptors (Lipinski definition) is 3. The number of rotatable bonds is 4. The summed E-state index contributed by atoms with van der Waals surface area (Å²) in [5.74, 6) is 0.701. The van der Waals surface area contributed by atoms with Gasteiger partial charge in [-0.25, -0.2) is 0 Å². The van der Waals surface area contributed by atoms with E-state index in [2.05, 4.69) is 10.3 Å². The Morgan fingerprint density at radius 1 is 1.57 bits per heavy atom. The van der Waals surface area contributed by atoms with Gasteiger partial charge >= 0.3 is 0 Å². The third-order valence-corrected chi connectivity index (χ3v) is 2.51. The molecular weight excluding hydrogens is 176 g/mol. The van der Waals surface area contributed by atoms with Crippen LogP contribution in [0.4, 0.5) is 0 Å². The molecule has 1 aliphatic heterocycles. The van der Waals surface area contributed by atoms with Crippen LogP contribution in [0.5, 0.6) is 0 Å². The van der Waals surface area contributed by atoms with E-state index in [0.29, 0.717) is 12.5 Å². The van der Waals surface area contributed by atoms with E-state index < -0.39 is 0 Å². The summed E-state index contributed by atoms with van der Waals surface area (Å²) in [5.41, 5.74) is 1.15. The highest BCUT2D eigenvalue weighted by molar-refractivity contribution is 5.06. The number of aromatic nitrogens is 1. The fraction of sp³-hybridized carbons (Fsp3) is 0.545. The van der Waals surface area contributed by atoms with Crippen LogP contribution >= 0.6 is 0 Å². The first-order chi connectivity index (χ1) is 6.95. The SMILES string of the molecule is c1cncc(COC[C@H]2CCNC2)c1. The third kappa shape index (κ3) is 2.79. The second-order valence-corrected chi connectivity index (χ2v) is 3.74. The minimum atomic E-state index is 0.685. The van der Waals surface area contributed by atoms with E-state index in [0.717, 1.165) is 25.3 Å². The highest BCUT2D eigenvalue weighted by Gasteiger charge is 2.13. The Bertz CT molecular complexity index is 257. The van der Waals surface area contributed by atoms with Crippen molar-refractivity contribution in [1.29, 1.82) is 0 Å². The molecule has 0 saturated carbocycles. The van der Waals surface area contributed by atoms with Crippen molar-refractivity contribution in [2.75, 3.05) is 19.7 Å². The Hall–Kier alpha value is -0.930. The Labute approximate surface area is 84.5 Å². The average Bonchev–Trinajstić information content (AvgIpc) is 2.72. The number of nitrogens with zero attached hydrogens (tertiary/aromatic N) is 1. The van der Waals surface area contributed by atoms with E-state index in [1.807, 2.05) is 18.3 Å². The predicted octanol–water partition coefficient (Wildman–Crippen LogP) is 1.21. The molecule has 0 bridgehead atoms. The summed E-state index contributed by atoms with van der Waals surface area (Å²) in [4.78, 5) is 4.04. The number of nitrogens with one attached hydrogen (secondary N) is 1. The molecule has 0 radical (unpaired) electrons. The number of hydrogen-bond donors (Lipinski definition) is 1. The van der Waals surface area contributed by atoms with Crippen LogP contribution < -0.4 is 5.32 Å². The maximum Gasteiger partial charge on any atom is 0.0731 e. The number of pyridine rings is 1. The molecule has 1 aliphatic rings. The van der Waals surface area contributed by atoms with Crippen molar-refractivity contribution < 1.29 is 4.74 Å². The monoisotopic (exact) mass is 192 g/mol. The molecule has 0 amide bonds. The fourth-order valence-corrected chi connectivity index (χ4v) is 1.68. The molecule has 14 heavy (non-hydrogen) atoms. The van der Waals surface area contributed by atoms with Gasteiger partial charge in [-0.2, -0.15) is 0 Å². The molecule has 1 fully saturated rings. The van der Waals surface area contributed by atoms with Gasteiger partial charge in [-0.15, -0.1) is 0 Å². The molecule has 0 unspecified atom stereocenters. The van der Waals surface area contributed by atoms with Crippen LogP contribution in [-0.4, -0.2) is 24.7 Å². The van der Waals surface area contributed by atoms with E-state index in [4.69, 9.17) is 4.74 Å². The Morgan fingerprint density at radius 2 is 2.57 bits per heavy atom. The first-order valence-corrected chi connectivity index (χ1v) is 5.12. The molecular formula is C11H16N2O. The van der Waals surface area contributed by atoms with Gasteiger partial charge in [0.1, 0.15) is 0 Å². The molecule has 3 heteroatoms. The summed E-state index contributed by atoms with van der Waals surface area (Å²) in [7, 11) is 0. The van der Waals surface area contributed by atoms with Crippen LogP contribution in [0.2, 0.25) is 0 Å². The summed E-state index contributed by atoms with van der Waals surface area (Å²) in [5, 5.41) is 3.33. The minimum absolute atomic E-state index is 0.685. The van der Waals surface area contributed by atoms with Crippen LogP contribution in [0.1, 0.15) is 12.0 Å². The summed E-state index contributed by atoms with van der Waals surface area (Å²) >= 11 is 0. The highest BCUT2D eigenvalue weighted by Crippen LogP contribution is 2.08. The molecule has 0 aliphatic carbocycles. The van der Waals surface area contributed by atoms with E-state index in [1.165, 1.54) is 6.42 Å². The van der Waals surface area contributed by atoms with E-state index in [9.17, 15) is 0 Å². The Balaban J connectivity index is 1.67. The lowest BCUT2D eigenvalue weighted by Gasteiger charge is -2.08. The molecule has 1 aromatic rings. The molecule has 1 N–H and O–H groups in total. The Kier molecular flexibility index (Phi) is 3.49. The van der Waals surface area contributed by atoms with Crippen LogP contribution in [0.3, 0.4) is 0 Å². The van der Waals surface area contributed by atoms with Gasteiger partial charge in [-0.1, -0.05) is 6.07 Å². The topological polar surface area (TPSA) is 34.1 Å².